The lowest BCUT2D eigenvalue weighted by molar-refractivity contribution is -0.140. The van der Waals surface area contributed by atoms with Crippen LogP contribution in [0.3, 0.4) is 0 Å². The Morgan fingerprint density at radius 2 is 0.978 bits per heavy atom. The predicted octanol–water partition coefficient (Wildman–Crippen LogP) is -0.434. The number of phenols is 9. The number of phenolic OH excluding ortho intramolecular Hbond substituents is 9. The van der Waals surface area contributed by atoms with E-state index in [2.05, 4.69) is 0 Å². The first-order valence-electron chi connectivity index (χ1n) is 13.5. The van der Waals surface area contributed by atoms with Gasteiger partial charge in [-0.05, 0) is 36.3 Å². The molecule has 0 fully saturated rings. The van der Waals surface area contributed by atoms with Gasteiger partial charge in [-0.2, -0.15) is 0 Å². The van der Waals surface area contributed by atoms with Crippen LogP contribution in [0.1, 0.15) is 35.2 Å². The van der Waals surface area contributed by atoms with Crippen LogP contribution in [-0.4, -0.2) is 111 Å². The second kappa shape index (κ2) is 13.4. The molecule has 11 N–H and O–H groups in total. The van der Waals surface area contributed by atoms with Crippen LogP contribution in [0, 0.1) is 0 Å². The summed E-state index contributed by atoms with van der Waals surface area (Å²) >= 11 is 0. The number of aldehydes is 1. The smallest absolute Gasteiger partial charge is 0.338 e. The van der Waals surface area contributed by atoms with Crippen molar-refractivity contribution in [3.8, 4) is 51.7 Å². The number of aromatic hydroxyl groups is 9. The van der Waals surface area contributed by atoms with E-state index in [4.69, 9.17) is 18.3 Å². The molecule has 0 heterocycles. The van der Waals surface area contributed by atoms with E-state index in [-0.39, 0.29) is 6.29 Å². The lowest BCUT2D eigenvalue weighted by Crippen LogP contribution is -2.51. The van der Waals surface area contributed by atoms with Crippen LogP contribution in [0.5, 0.6) is 51.7 Å². The average molecular weight is 639 g/mol. The Labute approximate surface area is 254 Å². The largest absolute Gasteiger partial charge is 0.504 e. The van der Waals surface area contributed by atoms with Gasteiger partial charge < -0.3 is 75.2 Å². The molecule has 18 heteroatoms. The van der Waals surface area contributed by atoms with Gasteiger partial charge in [0, 0.05) is 0 Å². The summed E-state index contributed by atoms with van der Waals surface area (Å²) in [5, 5.41) is 109. The van der Waals surface area contributed by atoms with E-state index in [1.54, 1.807) is 0 Å². The van der Waals surface area contributed by atoms with Crippen molar-refractivity contribution in [2.75, 3.05) is 6.61 Å². The fourth-order valence-corrected chi connectivity index (χ4v) is 3.46. The van der Waals surface area contributed by atoms with Crippen molar-refractivity contribution >= 4 is 24.2 Å². The fourth-order valence-electron chi connectivity index (χ4n) is 3.46. The van der Waals surface area contributed by atoms with E-state index in [0.717, 1.165) is 0 Å². The molecule has 0 saturated carbocycles. The molecule has 0 aliphatic rings. The third-order valence-electron chi connectivity index (χ3n) is 5.71. The molecule has 0 unspecified atom stereocenters. The van der Waals surface area contributed by atoms with Crippen molar-refractivity contribution in [1.29, 1.82) is 0 Å². The highest BCUT2D eigenvalue weighted by Gasteiger charge is 2.41. The molecule has 3 aromatic carbocycles. The molecule has 4 atom stereocenters. The number of rotatable bonds is 11. The second-order valence-corrected chi connectivity index (χ2v) is 8.83. The maximum atomic E-state index is 13.1. The molecule has 0 spiro atoms. The van der Waals surface area contributed by atoms with Crippen molar-refractivity contribution in [3.05, 3.63) is 53.0 Å². The molecule has 240 valence electrons. The summed E-state index contributed by atoms with van der Waals surface area (Å²) in [6.07, 6.45) is -10.4. The van der Waals surface area contributed by atoms with Crippen LogP contribution >= 0.6 is 0 Å². The summed E-state index contributed by atoms with van der Waals surface area (Å²) in [4.78, 5) is 50.2. The number of aliphatic hydroxyl groups is 2. The number of aliphatic hydroxyl groups excluding tert-OH is 2. The zero-order valence-corrected chi connectivity index (χ0v) is 22.1. The Bertz CT molecular complexity index is 1790. The van der Waals surface area contributed by atoms with E-state index in [0.29, 0.717) is 18.2 Å². The Kier molecular flexibility index (Phi) is 8.65. The Morgan fingerprint density at radius 3 is 1.36 bits per heavy atom. The van der Waals surface area contributed by atoms with Gasteiger partial charge in [0.05, 0.1) is 20.8 Å². The molecule has 0 aliphatic carbocycles. The lowest BCUT2D eigenvalue weighted by atomic mass is 10.0. The molecule has 0 aliphatic heterocycles. The van der Waals surface area contributed by atoms with Gasteiger partial charge in [0.25, 0.3) is 0 Å². The Hall–Kier alpha value is -6.14. The molecular formula is C27H24O18. The highest BCUT2D eigenvalue weighted by Crippen LogP contribution is 2.38. The van der Waals surface area contributed by atoms with Crippen LogP contribution in [0.2, 0.25) is 0 Å². The number of carbonyl (C=O) groups excluding carboxylic acids is 4. The van der Waals surface area contributed by atoms with Crippen LogP contribution in [0.25, 0.3) is 0 Å². The van der Waals surface area contributed by atoms with Crippen molar-refractivity contribution in [3.63, 3.8) is 0 Å². The maximum Gasteiger partial charge on any atom is 0.338 e. The van der Waals surface area contributed by atoms with Crippen LogP contribution < -0.4 is 0 Å². The molecule has 0 aromatic heterocycles. The van der Waals surface area contributed by atoms with Crippen LogP contribution in [0.15, 0.2) is 36.3 Å². The average Bonchev–Trinajstić information content (AvgIpc) is 3.06. The van der Waals surface area contributed by atoms with Crippen molar-refractivity contribution in [2.24, 2.45) is 0 Å². The molecular weight excluding hydrogens is 612 g/mol. The van der Waals surface area contributed by atoms with Gasteiger partial charge in [-0.15, -0.1) is 0 Å². The molecule has 0 saturated heterocycles. The Balaban J connectivity index is 2.05. The number of carbonyl (C=O) groups is 4. The van der Waals surface area contributed by atoms with Gasteiger partial charge in [0.15, 0.2) is 70.2 Å². The van der Waals surface area contributed by atoms with E-state index < -0.39 is 135 Å². The molecule has 3 rings (SSSR count). The highest BCUT2D eigenvalue weighted by molar-refractivity contribution is 5.93. The van der Waals surface area contributed by atoms with Gasteiger partial charge in [-0.25, -0.2) is 14.4 Å². The minimum atomic E-state index is -2.55. The molecule has 0 radical (unpaired) electrons. The maximum absolute atomic E-state index is 13.1. The van der Waals surface area contributed by atoms with Gasteiger partial charge >= 0.3 is 17.9 Å². The number of hydrogen-bond acceptors (Lipinski definition) is 18. The summed E-state index contributed by atoms with van der Waals surface area (Å²) in [5.74, 6) is -16.0. The summed E-state index contributed by atoms with van der Waals surface area (Å²) in [5.41, 5.74) is -2.93. The van der Waals surface area contributed by atoms with Crippen molar-refractivity contribution in [1.82, 2.24) is 0 Å². The molecule has 3 aromatic rings. The first kappa shape index (κ1) is 29.0. The standard InChI is InChI=1S/C27H24O18/c28-7-18(35)23(44-26(41)10-3-14(31)21(38)15(32)4-10)24(45-27(42)11-5-16(33)22(39)17(34)6-11)19(36)8-43-25(40)9-1-12(29)20(37)13(30)2-9/h1-7,18-19,23-24,29-39H,8H2/t18-,19+,23+,24+/m0/s1/i1D,3D,5D. The monoisotopic (exact) mass is 639 g/mol. The van der Waals surface area contributed by atoms with Gasteiger partial charge in [-0.3, -0.25) is 0 Å². The summed E-state index contributed by atoms with van der Waals surface area (Å²) in [6, 6.07) is -2.06. The topological polar surface area (TPSA) is 318 Å². The van der Waals surface area contributed by atoms with E-state index in [9.17, 15) is 75.3 Å². The highest BCUT2D eigenvalue weighted by atomic mass is 16.6. The van der Waals surface area contributed by atoms with E-state index >= 15 is 0 Å². The fraction of sp³-hybridized carbons (Fsp3) is 0.185. The van der Waals surface area contributed by atoms with E-state index in [1.165, 1.54) is 0 Å². The third kappa shape index (κ3) is 7.45. The summed E-state index contributed by atoms with van der Waals surface area (Å²) < 4.78 is 38.2. The van der Waals surface area contributed by atoms with Crippen LogP contribution in [0.4, 0.5) is 0 Å². The van der Waals surface area contributed by atoms with Crippen molar-refractivity contribution in [2.45, 2.75) is 24.4 Å². The SMILES string of the molecule is [2H]c1c(C(=O)OC[C@@H](O)[C@@H](OC(=O)c2cc(O)c(O)c(O)c2[2H])[C@H](OC(=O)c2cc(O)c(O)c(O)c2[2H])[C@@H](O)C=O)cc(O)c(O)c1O. The first-order valence-corrected chi connectivity index (χ1v) is 12.0. The molecule has 0 amide bonds. The zero-order chi connectivity index (χ0) is 36.4. The normalized spacial score (nSPS) is 14.5. The quantitative estimate of drug-likeness (QED) is 0.0548. The molecule has 18 nitrogen and oxygen atoms in total. The second-order valence-electron chi connectivity index (χ2n) is 8.83. The summed E-state index contributed by atoms with van der Waals surface area (Å²) in [7, 11) is 0. The van der Waals surface area contributed by atoms with Crippen molar-refractivity contribution < 1.29 is 93.7 Å². The number of esters is 3. The predicted molar refractivity (Wildman–Crippen MR) is 141 cm³/mol. The van der Waals surface area contributed by atoms with Gasteiger partial charge in [0.2, 0.25) is 0 Å². The summed E-state index contributed by atoms with van der Waals surface area (Å²) in [6.45, 7) is -1.34. The third-order valence-corrected chi connectivity index (χ3v) is 5.71. The Morgan fingerprint density at radius 1 is 0.622 bits per heavy atom. The minimum absolute atomic E-state index is 0.312. The van der Waals surface area contributed by atoms with Gasteiger partial charge in [-0.1, -0.05) is 0 Å². The van der Waals surface area contributed by atoms with Gasteiger partial charge in [0.1, 0.15) is 18.8 Å². The molecule has 45 heavy (non-hydrogen) atoms. The number of hydrogen-bond donors (Lipinski definition) is 11. The first-order chi connectivity index (χ1) is 22.3. The van der Waals surface area contributed by atoms with E-state index in [1.807, 2.05) is 0 Å². The zero-order valence-electron chi connectivity index (χ0n) is 25.1. The molecule has 0 bridgehead atoms. The number of ether oxygens (including phenoxy) is 3. The minimum Gasteiger partial charge on any atom is -0.504 e. The van der Waals surface area contributed by atoms with Crippen LogP contribution in [-0.2, 0) is 19.0 Å². The number of benzene rings is 3. The lowest BCUT2D eigenvalue weighted by Gasteiger charge is -2.31.